The Morgan fingerprint density at radius 2 is 2.00 bits per heavy atom. The third-order valence-electron chi connectivity index (χ3n) is 4.23. The molecule has 0 aliphatic heterocycles. The molecule has 0 saturated carbocycles. The van der Waals surface area contributed by atoms with E-state index in [0.717, 1.165) is 22.2 Å². The van der Waals surface area contributed by atoms with Crippen LogP contribution in [0.1, 0.15) is 34.6 Å². The Labute approximate surface area is 129 Å². The van der Waals surface area contributed by atoms with Crippen LogP contribution >= 0.6 is 0 Å². The summed E-state index contributed by atoms with van der Waals surface area (Å²) in [5, 5.41) is 8.27. The monoisotopic (exact) mass is 296 g/mol. The van der Waals surface area contributed by atoms with E-state index in [9.17, 15) is 4.79 Å². The first-order chi connectivity index (χ1) is 10.5. The van der Waals surface area contributed by atoms with Gasteiger partial charge in [-0.1, -0.05) is 18.2 Å². The molecule has 1 unspecified atom stereocenters. The maximum absolute atomic E-state index is 12.6. The van der Waals surface area contributed by atoms with Crippen molar-refractivity contribution in [2.45, 2.75) is 19.9 Å². The fourth-order valence-corrected chi connectivity index (χ4v) is 2.82. The molecule has 3 aromatic rings. The first-order valence-corrected chi connectivity index (χ1v) is 7.32. The van der Waals surface area contributed by atoms with Crippen molar-refractivity contribution in [3.05, 3.63) is 53.5 Å². The van der Waals surface area contributed by atoms with Gasteiger partial charge in [0.15, 0.2) is 0 Å². The first kappa shape index (κ1) is 14.4. The molecule has 0 aliphatic rings. The maximum atomic E-state index is 12.6. The number of benzene rings is 1. The summed E-state index contributed by atoms with van der Waals surface area (Å²) in [6.45, 7) is 3.98. The van der Waals surface area contributed by atoms with Gasteiger partial charge in [0.25, 0.3) is 5.91 Å². The van der Waals surface area contributed by atoms with E-state index in [0.29, 0.717) is 5.56 Å². The largest absolute Gasteiger partial charge is 0.350 e. The number of amides is 1. The van der Waals surface area contributed by atoms with Crippen LogP contribution in [0.15, 0.2) is 36.7 Å². The number of hydrogen-bond acceptors (Lipinski definition) is 2. The summed E-state index contributed by atoms with van der Waals surface area (Å²) < 4.78 is 3.79. The Kier molecular flexibility index (Phi) is 3.48. The van der Waals surface area contributed by atoms with Gasteiger partial charge in [-0.2, -0.15) is 5.10 Å². The molecule has 2 aromatic heterocycles. The summed E-state index contributed by atoms with van der Waals surface area (Å²) in [5.74, 6) is -0.0625. The zero-order valence-corrected chi connectivity index (χ0v) is 13.3. The minimum Gasteiger partial charge on any atom is -0.350 e. The number of fused-ring (bicyclic) bond motifs is 1. The summed E-state index contributed by atoms with van der Waals surface area (Å²) >= 11 is 0. The molecule has 0 aliphatic carbocycles. The van der Waals surface area contributed by atoms with Gasteiger partial charge in [0.2, 0.25) is 0 Å². The predicted molar refractivity (Wildman–Crippen MR) is 86.7 cm³/mol. The molecule has 1 amide bonds. The normalized spacial score (nSPS) is 12.5. The van der Waals surface area contributed by atoms with Crippen LogP contribution in [0.2, 0.25) is 0 Å². The van der Waals surface area contributed by atoms with E-state index < -0.39 is 0 Å². The molecule has 1 N–H and O–H groups in total. The summed E-state index contributed by atoms with van der Waals surface area (Å²) in [6.07, 6.45) is 3.69. The highest BCUT2D eigenvalue weighted by Gasteiger charge is 2.18. The molecule has 0 fully saturated rings. The van der Waals surface area contributed by atoms with E-state index in [1.807, 2.05) is 73.9 Å². The fourth-order valence-electron chi connectivity index (χ4n) is 2.82. The lowest BCUT2D eigenvalue weighted by Gasteiger charge is -2.13. The second-order valence-electron chi connectivity index (χ2n) is 5.67. The number of aryl methyl sites for hydroxylation is 2. The highest BCUT2D eigenvalue weighted by atomic mass is 16.1. The van der Waals surface area contributed by atoms with Crippen LogP contribution < -0.4 is 5.32 Å². The van der Waals surface area contributed by atoms with Crippen LogP contribution in [0, 0.1) is 6.92 Å². The van der Waals surface area contributed by atoms with Crippen LogP contribution in [0.4, 0.5) is 0 Å². The van der Waals surface area contributed by atoms with Crippen molar-refractivity contribution in [3.8, 4) is 0 Å². The summed E-state index contributed by atoms with van der Waals surface area (Å²) in [5.41, 5.74) is 3.85. The summed E-state index contributed by atoms with van der Waals surface area (Å²) in [7, 11) is 3.85. The topological polar surface area (TPSA) is 51.9 Å². The molecule has 0 radical (unpaired) electrons. The van der Waals surface area contributed by atoms with Gasteiger partial charge >= 0.3 is 0 Å². The Bertz CT molecular complexity index is 844. The zero-order chi connectivity index (χ0) is 15.9. The smallest absolute Gasteiger partial charge is 0.253 e. The van der Waals surface area contributed by atoms with Gasteiger partial charge in [0.05, 0.1) is 17.8 Å². The van der Waals surface area contributed by atoms with Gasteiger partial charge in [-0.05, 0) is 19.9 Å². The average Bonchev–Trinajstić information content (AvgIpc) is 3.01. The molecule has 3 rings (SSSR count). The number of rotatable bonds is 3. The Morgan fingerprint density at radius 3 is 2.68 bits per heavy atom. The number of carbonyl (C=O) groups is 1. The molecule has 0 saturated heterocycles. The van der Waals surface area contributed by atoms with Crippen molar-refractivity contribution in [2.24, 2.45) is 14.1 Å². The predicted octanol–water partition coefficient (Wildman–Crippen LogP) is 2.71. The number of aromatic nitrogens is 3. The molecule has 1 aromatic carbocycles. The Morgan fingerprint density at radius 1 is 1.27 bits per heavy atom. The second kappa shape index (κ2) is 5.33. The van der Waals surface area contributed by atoms with Crippen molar-refractivity contribution in [1.29, 1.82) is 0 Å². The SMILES string of the molecule is Cc1c(C(C)NC(=O)c2cn(C)c3ccccc23)cnn1C. The van der Waals surface area contributed by atoms with Crippen molar-refractivity contribution in [3.63, 3.8) is 0 Å². The van der Waals surface area contributed by atoms with Gasteiger partial charge < -0.3 is 9.88 Å². The lowest BCUT2D eigenvalue weighted by molar-refractivity contribution is 0.0941. The molecule has 5 nitrogen and oxygen atoms in total. The zero-order valence-electron chi connectivity index (χ0n) is 13.3. The van der Waals surface area contributed by atoms with Crippen LogP contribution in [-0.2, 0) is 14.1 Å². The Balaban J connectivity index is 1.89. The van der Waals surface area contributed by atoms with E-state index in [4.69, 9.17) is 0 Å². The molecule has 5 heteroatoms. The summed E-state index contributed by atoms with van der Waals surface area (Å²) in [4.78, 5) is 12.6. The summed E-state index contributed by atoms with van der Waals surface area (Å²) in [6, 6.07) is 7.84. The van der Waals surface area contributed by atoms with E-state index in [1.165, 1.54) is 0 Å². The van der Waals surface area contributed by atoms with Gasteiger partial charge in [-0.25, -0.2) is 0 Å². The highest BCUT2D eigenvalue weighted by molar-refractivity contribution is 6.07. The van der Waals surface area contributed by atoms with Crippen molar-refractivity contribution in [1.82, 2.24) is 19.7 Å². The quantitative estimate of drug-likeness (QED) is 0.808. The molecule has 114 valence electrons. The Hall–Kier alpha value is -2.56. The van der Waals surface area contributed by atoms with Crippen LogP contribution in [0.25, 0.3) is 10.9 Å². The fraction of sp³-hybridized carbons (Fsp3) is 0.294. The standard InChI is InChI=1S/C17H20N4O/c1-11(14-9-18-21(4)12(14)2)19-17(22)15-10-20(3)16-8-6-5-7-13(15)16/h5-11H,1-4H3,(H,19,22). The average molecular weight is 296 g/mol. The van der Waals surface area contributed by atoms with Gasteiger partial charge in [0.1, 0.15) is 0 Å². The van der Waals surface area contributed by atoms with E-state index in [-0.39, 0.29) is 11.9 Å². The molecule has 1 atom stereocenters. The minimum atomic E-state index is -0.0832. The molecule has 0 spiro atoms. The van der Waals surface area contributed by atoms with Crippen LogP contribution in [-0.4, -0.2) is 20.3 Å². The lowest BCUT2D eigenvalue weighted by Crippen LogP contribution is -2.26. The molecule has 22 heavy (non-hydrogen) atoms. The molecular formula is C17H20N4O. The first-order valence-electron chi connectivity index (χ1n) is 7.32. The van der Waals surface area contributed by atoms with Crippen molar-refractivity contribution >= 4 is 16.8 Å². The van der Waals surface area contributed by atoms with E-state index in [2.05, 4.69) is 10.4 Å². The number of hydrogen-bond donors (Lipinski definition) is 1. The third kappa shape index (κ3) is 2.28. The highest BCUT2D eigenvalue weighted by Crippen LogP contribution is 2.22. The van der Waals surface area contributed by atoms with E-state index in [1.54, 1.807) is 0 Å². The van der Waals surface area contributed by atoms with Crippen molar-refractivity contribution < 1.29 is 4.79 Å². The van der Waals surface area contributed by atoms with Crippen LogP contribution in [0.5, 0.6) is 0 Å². The second-order valence-corrected chi connectivity index (χ2v) is 5.67. The number of carbonyl (C=O) groups excluding carboxylic acids is 1. The van der Waals surface area contributed by atoms with Gasteiger partial charge in [-0.3, -0.25) is 9.48 Å². The van der Waals surface area contributed by atoms with E-state index >= 15 is 0 Å². The van der Waals surface area contributed by atoms with Gasteiger partial charge in [0, 0.05) is 42.5 Å². The molecule has 2 heterocycles. The maximum Gasteiger partial charge on any atom is 0.253 e. The number of nitrogens with one attached hydrogen (secondary N) is 1. The van der Waals surface area contributed by atoms with Gasteiger partial charge in [-0.15, -0.1) is 0 Å². The minimum absolute atomic E-state index is 0.0625. The molecular weight excluding hydrogens is 276 g/mol. The number of para-hydroxylation sites is 1. The lowest BCUT2D eigenvalue weighted by atomic mass is 10.1. The third-order valence-corrected chi connectivity index (χ3v) is 4.23. The van der Waals surface area contributed by atoms with Crippen LogP contribution in [0.3, 0.4) is 0 Å². The van der Waals surface area contributed by atoms with Crippen molar-refractivity contribution in [2.75, 3.05) is 0 Å². The molecule has 0 bridgehead atoms. The number of nitrogens with zero attached hydrogens (tertiary/aromatic N) is 3.